The van der Waals surface area contributed by atoms with Gasteiger partial charge in [-0.25, -0.2) is 4.79 Å². The smallest absolute Gasteiger partial charge is 0.426 e. The largest absolute Gasteiger partial charge is 0.514 e. The number of carbonyl (C=O) groups excluding carboxylic acids is 1. The third-order valence-electron chi connectivity index (χ3n) is 4.47. The third-order valence-corrected chi connectivity index (χ3v) is 4.47. The van der Waals surface area contributed by atoms with Crippen LogP contribution in [-0.2, 0) is 9.47 Å². The van der Waals surface area contributed by atoms with Gasteiger partial charge in [0.1, 0.15) is 11.9 Å². The molecule has 0 N–H and O–H groups in total. The SMILES string of the molecule is O=C(Oc1ccc([N+](=O)[O-])cc1)OC(CCN1CCOCC1)c1ccccc1. The number of carbonyl (C=O) groups is 1. The molecule has 0 saturated carbocycles. The summed E-state index contributed by atoms with van der Waals surface area (Å²) < 4.78 is 16.1. The average molecular weight is 386 g/mol. The lowest BCUT2D eigenvalue weighted by molar-refractivity contribution is -0.384. The summed E-state index contributed by atoms with van der Waals surface area (Å²) in [5, 5.41) is 10.7. The van der Waals surface area contributed by atoms with Gasteiger partial charge in [-0.3, -0.25) is 15.0 Å². The fourth-order valence-electron chi connectivity index (χ4n) is 2.96. The van der Waals surface area contributed by atoms with Crippen LogP contribution in [0.15, 0.2) is 54.6 Å². The van der Waals surface area contributed by atoms with Crippen molar-refractivity contribution in [2.45, 2.75) is 12.5 Å². The zero-order chi connectivity index (χ0) is 19.8. The van der Waals surface area contributed by atoms with E-state index >= 15 is 0 Å². The van der Waals surface area contributed by atoms with Crippen LogP contribution in [0.2, 0.25) is 0 Å². The van der Waals surface area contributed by atoms with Gasteiger partial charge >= 0.3 is 6.16 Å². The van der Waals surface area contributed by atoms with Crippen molar-refractivity contribution < 1.29 is 23.9 Å². The van der Waals surface area contributed by atoms with Gasteiger partial charge in [-0.2, -0.15) is 0 Å². The Morgan fingerprint density at radius 1 is 1.11 bits per heavy atom. The van der Waals surface area contributed by atoms with E-state index in [1.54, 1.807) is 0 Å². The fraction of sp³-hybridized carbons (Fsp3) is 0.350. The minimum atomic E-state index is -0.843. The Labute approximate surface area is 162 Å². The van der Waals surface area contributed by atoms with Gasteiger partial charge in [0, 0.05) is 38.2 Å². The predicted octanol–water partition coefficient (Wildman–Crippen LogP) is 3.57. The number of benzene rings is 2. The standard InChI is InChI=1S/C20H22N2O6/c23-20(27-18-8-6-17(7-9-18)22(24)25)28-19(16-4-2-1-3-5-16)10-11-21-12-14-26-15-13-21/h1-9,19H,10-15H2. The van der Waals surface area contributed by atoms with Crippen molar-refractivity contribution in [1.82, 2.24) is 4.90 Å². The van der Waals surface area contributed by atoms with Gasteiger partial charge in [0.2, 0.25) is 0 Å². The van der Waals surface area contributed by atoms with E-state index in [9.17, 15) is 14.9 Å². The van der Waals surface area contributed by atoms with Crippen molar-refractivity contribution in [2.75, 3.05) is 32.8 Å². The first-order chi connectivity index (χ1) is 13.6. The monoisotopic (exact) mass is 386 g/mol. The van der Waals surface area contributed by atoms with Crippen LogP contribution in [0.3, 0.4) is 0 Å². The van der Waals surface area contributed by atoms with Gasteiger partial charge in [0.25, 0.3) is 5.69 Å². The normalized spacial score (nSPS) is 15.6. The highest BCUT2D eigenvalue weighted by Gasteiger charge is 2.21. The molecule has 0 aliphatic carbocycles. The van der Waals surface area contributed by atoms with Crippen molar-refractivity contribution in [3.63, 3.8) is 0 Å². The number of morpholine rings is 1. The summed E-state index contributed by atoms with van der Waals surface area (Å²) in [6.07, 6.45) is -0.668. The molecule has 0 bridgehead atoms. The summed E-state index contributed by atoms with van der Waals surface area (Å²) in [4.78, 5) is 24.7. The van der Waals surface area contributed by atoms with Gasteiger partial charge in [-0.1, -0.05) is 30.3 Å². The lowest BCUT2D eigenvalue weighted by Crippen LogP contribution is -2.37. The molecule has 8 heteroatoms. The molecule has 1 heterocycles. The molecular weight excluding hydrogens is 364 g/mol. The van der Waals surface area contributed by atoms with E-state index in [4.69, 9.17) is 14.2 Å². The Bertz CT molecular complexity index is 775. The minimum Gasteiger partial charge on any atom is -0.426 e. The van der Waals surface area contributed by atoms with Gasteiger partial charge in [0.15, 0.2) is 0 Å². The second-order valence-corrected chi connectivity index (χ2v) is 6.36. The van der Waals surface area contributed by atoms with Crippen LogP contribution < -0.4 is 4.74 Å². The minimum absolute atomic E-state index is 0.0756. The van der Waals surface area contributed by atoms with E-state index in [2.05, 4.69) is 4.90 Å². The van der Waals surface area contributed by atoms with Gasteiger partial charge in [-0.15, -0.1) is 0 Å². The summed E-state index contributed by atoms with van der Waals surface area (Å²) in [5.41, 5.74) is 0.810. The third kappa shape index (κ3) is 5.77. The van der Waals surface area contributed by atoms with Gasteiger partial charge in [0.05, 0.1) is 18.1 Å². The first-order valence-electron chi connectivity index (χ1n) is 9.10. The van der Waals surface area contributed by atoms with Crippen LogP contribution in [0.4, 0.5) is 10.5 Å². The molecule has 2 aromatic carbocycles. The molecule has 148 valence electrons. The summed E-state index contributed by atoms with van der Waals surface area (Å²) in [7, 11) is 0. The molecule has 0 spiro atoms. The Morgan fingerprint density at radius 2 is 1.79 bits per heavy atom. The van der Waals surface area contributed by atoms with E-state index in [0.29, 0.717) is 19.6 Å². The number of hydrogen-bond acceptors (Lipinski definition) is 7. The van der Waals surface area contributed by atoms with Crippen LogP contribution in [0.5, 0.6) is 5.75 Å². The van der Waals surface area contributed by atoms with Crippen molar-refractivity contribution >= 4 is 11.8 Å². The summed E-state index contributed by atoms with van der Waals surface area (Å²) in [6.45, 7) is 3.90. The van der Waals surface area contributed by atoms with E-state index in [1.807, 2.05) is 30.3 Å². The fourth-order valence-corrected chi connectivity index (χ4v) is 2.96. The molecule has 1 aliphatic rings. The van der Waals surface area contributed by atoms with Crippen LogP contribution in [-0.4, -0.2) is 48.8 Å². The molecule has 1 saturated heterocycles. The summed E-state index contributed by atoms with van der Waals surface area (Å²) in [5.74, 6) is 0.190. The molecule has 1 atom stereocenters. The summed E-state index contributed by atoms with van der Waals surface area (Å²) >= 11 is 0. The number of non-ortho nitro benzene ring substituents is 1. The Morgan fingerprint density at radius 3 is 2.43 bits per heavy atom. The Hall–Kier alpha value is -2.97. The Balaban J connectivity index is 1.61. The molecule has 3 rings (SSSR count). The second kappa shape index (κ2) is 9.82. The molecule has 28 heavy (non-hydrogen) atoms. The molecule has 2 aromatic rings. The summed E-state index contributed by atoms with van der Waals surface area (Å²) in [6, 6.07) is 14.8. The Kier molecular flexibility index (Phi) is 6.94. The molecular formula is C20H22N2O6. The van der Waals surface area contributed by atoms with Crippen molar-refractivity contribution in [3.8, 4) is 5.75 Å². The lowest BCUT2D eigenvalue weighted by Gasteiger charge is -2.28. The lowest BCUT2D eigenvalue weighted by atomic mass is 10.1. The molecule has 8 nitrogen and oxygen atoms in total. The van der Waals surface area contributed by atoms with Crippen LogP contribution in [0.1, 0.15) is 18.1 Å². The number of ether oxygens (including phenoxy) is 3. The number of nitro groups is 1. The van der Waals surface area contributed by atoms with Crippen LogP contribution in [0.25, 0.3) is 0 Å². The van der Waals surface area contributed by atoms with E-state index in [0.717, 1.165) is 25.2 Å². The number of hydrogen-bond donors (Lipinski definition) is 0. The highest BCUT2D eigenvalue weighted by molar-refractivity contribution is 5.64. The van der Waals surface area contributed by atoms with Gasteiger partial charge < -0.3 is 14.2 Å². The highest BCUT2D eigenvalue weighted by atomic mass is 16.7. The maximum atomic E-state index is 12.3. The molecule has 0 aromatic heterocycles. The quantitative estimate of drug-likeness (QED) is 0.311. The van der Waals surface area contributed by atoms with E-state index in [-0.39, 0.29) is 11.4 Å². The molecule has 0 radical (unpaired) electrons. The number of rotatable bonds is 7. The van der Waals surface area contributed by atoms with E-state index < -0.39 is 17.2 Å². The van der Waals surface area contributed by atoms with Gasteiger partial charge in [-0.05, 0) is 17.7 Å². The van der Waals surface area contributed by atoms with Crippen molar-refractivity contribution in [3.05, 3.63) is 70.3 Å². The average Bonchev–Trinajstić information content (AvgIpc) is 2.73. The van der Waals surface area contributed by atoms with E-state index in [1.165, 1.54) is 24.3 Å². The molecule has 1 aliphatic heterocycles. The predicted molar refractivity (Wildman–Crippen MR) is 101 cm³/mol. The maximum absolute atomic E-state index is 12.3. The number of nitro benzene ring substituents is 1. The molecule has 1 fully saturated rings. The first kappa shape index (κ1) is 19.8. The zero-order valence-electron chi connectivity index (χ0n) is 15.4. The van der Waals surface area contributed by atoms with Crippen molar-refractivity contribution in [1.29, 1.82) is 0 Å². The van der Waals surface area contributed by atoms with Crippen LogP contribution in [0, 0.1) is 10.1 Å². The maximum Gasteiger partial charge on any atom is 0.514 e. The molecule has 1 unspecified atom stereocenters. The zero-order valence-corrected chi connectivity index (χ0v) is 15.4. The topological polar surface area (TPSA) is 91.1 Å². The van der Waals surface area contributed by atoms with Crippen LogP contribution >= 0.6 is 0 Å². The first-order valence-corrected chi connectivity index (χ1v) is 9.10. The second-order valence-electron chi connectivity index (χ2n) is 6.36. The van der Waals surface area contributed by atoms with Crippen molar-refractivity contribution in [2.24, 2.45) is 0 Å². The highest BCUT2D eigenvalue weighted by Crippen LogP contribution is 2.24. The number of nitrogens with zero attached hydrogens (tertiary/aromatic N) is 2. The molecule has 0 amide bonds.